The minimum atomic E-state index is 0.316. The molecule has 0 spiro atoms. The van der Waals surface area contributed by atoms with E-state index < -0.39 is 0 Å². The van der Waals surface area contributed by atoms with Gasteiger partial charge in [0.2, 0.25) is 0 Å². The maximum absolute atomic E-state index is 10.8. The van der Waals surface area contributed by atoms with Gasteiger partial charge in [-0.1, -0.05) is 30.3 Å². The number of rotatable bonds is 5. The monoisotopic (exact) mass is 217 g/mol. The third-order valence-electron chi connectivity index (χ3n) is 2.43. The second-order valence-corrected chi connectivity index (χ2v) is 3.73. The van der Waals surface area contributed by atoms with Crippen LogP contribution in [0.15, 0.2) is 41.6 Å². The molecule has 0 amide bonds. The molecule has 0 fully saturated rings. The van der Waals surface area contributed by atoms with Crippen LogP contribution in [0, 0.1) is 5.41 Å². The molecule has 3 nitrogen and oxygen atoms in total. The standard InChI is InChI=1S/C13H16N2O/c1-10(14)13(9-16)11(2)15-8-12-6-4-3-5-7-12/h3-7,9,14-15H,8H2,1-2H3/p+1. The van der Waals surface area contributed by atoms with E-state index in [1.165, 1.54) is 5.56 Å². The summed E-state index contributed by atoms with van der Waals surface area (Å²) in [6.45, 7) is 4.28. The molecule has 84 valence electrons. The first-order chi connectivity index (χ1) is 7.65. The molecular formula is C13H17N2O+. The first-order valence-corrected chi connectivity index (χ1v) is 5.24. The molecule has 1 aromatic rings. The van der Waals surface area contributed by atoms with Crippen molar-refractivity contribution in [3.05, 3.63) is 47.2 Å². The first kappa shape index (κ1) is 12.3. The third kappa shape index (κ3) is 3.44. The van der Waals surface area contributed by atoms with Gasteiger partial charge >= 0.3 is 0 Å². The lowest BCUT2D eigenvalue weighted by Gasteiger charge is -2.04. The molecule has 0 unspecified atom stereocenters. The molecule has 16 heavy (non-hydrogen) atoms. The summed E-state index contributed by atoms with van der Waals surface area (Å²) in [5, 5.41) is 9.44. The number of carbonyl (C=O) groups is 1. The first-order valence-electron chi connectivity index (χ1n) is 5.24. The highest BCUT2D eigenvalue weighted by molar-refractivity contribution is 6.12. The van der Waals surface area contributed by atoms with Crippen molar-refractivity contribution in [1.29, 1.82) is 5.41 Å². The highest BCUT2D eigenvalue weighted by Gasteiger charge is 2.07. The molecule has 0 atom stereocenters. The predicted octanol–water partition coefficient (Wildman–Crippen LogP) is 1.26. The Morgan fingerprint density at radius 2 is 1.94 bits per heavy atom. The number of nitrogens with two attached hydrogens (primary N) is 1. The van der Waals surface area contributed by atoms with E-state index in [4.69, 9.17) is 5.41 Å². The molecule has 0 aliphatic rings. The van der Waals surface area contributed by atoms with Gasteiger partial charge < -0.3 is 10.7 Å². The van der Waals surface area contributed by atoms with Crippen LogP contribution in [0.2, 0.25) is 0 Å². The van der Waals surface area contributed by atoms with Gasteiger partial charge in [-0.15, -0.1) is 0 Å². The molecule has 0 aromatic heterocycles. The molecule has 3 heteroatoms. The predicted molar refractivity (Wildman–Crippen MR) is 64.2 cm³/mol. The molecule has 1 aromatic carbocycles. The molecule has 1 rings (SSSR count). The van der Waals surface area contributed by atoms with Crippen LogP contribution >= 0.6 is 0 Å². The molecule has 0 aliphatic heterocycles. The van der Waals surface area contributed by atoms with Gasteiger partial charge in [-0.3, -0.25) is 4.79 Å². The summed E-state index contributed by atoms with van der Waals surface area (Å²) in [5.41, 5.74) is 2.87. The molecule has 0 heterocycles. The number of hydrogen-bond donors (Lipinski definition) is 2. The van der Waals surface area contributed by atoms with Gasteiger partial charge in [0.15, 0.2) is 6.29 Å². The van der Waals surface area contributed by atoms with Crippen molar-refractivity contribution >= 4 is 12.0 Å². The number of aldehydes is 1. The molecule has 0 aliphatic carbocycles. The van der Waals surface area contributed by atoms with Gasteiger partial charge in [0.25, 0.3) is 0 Å². The molecular weight excluding hydrogens is 200 g/mol. The Morgan fingerprint density at radius 3 is 2.44 bits per heavy atom. The van der Waals surface area contributed by atoms with Crippen LogP contribution in [0.1, 0.15) is 19.4 Å². The van der Waals surface area contributed by atoms with Crippen molar-refractivity contribution in [2.45, 2.75) is 20.4 Å². The number of nitrogens with one attached hydrogen (secondary N) is 1. The molecule has 0 saturated carbocycles. The van der Waals surface area contributed by atoms with E-state index >= 15 is 0 Å². The Bertz CT molecular complexity index is 407. The van der Waals surface area contributed by atoms with Crippen molar-refractivity contribution in [2.75, 3.05) is 0 Å². The van der Waals surface area contributed by atoms with Gasteiger partial charge in [0, 0.05) is 18.2 Å². The summed E-state index contributed by atoms with van der Waals surface area (Å²) in [7, 11) is 0. The summed E-state index contributed by atoms with van der Waals surface area (Å²) in [6.07, 6.45) is 0.749. The summed E-state index contributed by atoms with van der Waals surface area (Å²) in [4.78, 5) is 10.8. The number of allylic oxidation sites excluding steroid dienone is 2. The topological polar surface area (TPSA) is 57.5 Å². The zero-order valence-corrected chi connectivity index (χ0v) is 9.66. The highest BCUT2D eigenvalue weighted by atomic mass is 16.1. The van der Waals surface area contributed by atoms with E-state index in [1.807, 2.05) is 42.6 Å². The third-order valence-corrected chi connectivity index (χ3v) is 2.43. The largest absolute Gasteiger partial charge is 0.313 e. The fraction of sp³-hybridized carbons (Fsp3) is 0.231. The van der Waals surface area contributed by atoms with Gasteiger partial charge in [-0.25, -0.2) is 0 Å². The summed E-state index contributed by atoms with van der Waals surface area (Å²) in [5.74, 6) is 0. The quantitative estimate of drug-likeness (QED) is 0.435. The summed E-state index contributed by atoms with van der Waals surface area (Å²) < 4.78 is 0. The number of quaternary nitrogens is 1. The van der Waals surface area contributed by atoms with Crippen LogP contribution in [0.4, 0.5) is 0 Å². The normalized spacial score (nSPS) is 11.9. The lowest BCUT2D eigenvalue weighted by Crippen LogP contribution is -2.80. The van der Waals surface area contributed by atoms with Crippen molar-refractivity contribution in [1.82, 2.24) is 0 Å². The van der Waals surface area contributed by atoms with E-state index in [1.54, 1.807) is 6.92 Å². The van der Waals surface area contributed by atoms with Gasteiger partial charge in [-0.05, 0) is 6.92 Å². The Balaban J connectivity index is 2.68. The average molecular weight is 217 g/mol. The van der Waals surface area contributed by atoms with Crippen molar-refractivity contribution in [3.8, 4) is 0 Å². The minimum absolute atomic E-state index is 0.316. The van der Waals surface area contributed by atoms with E-state index in [0.29, 0.717) is 11.3 Å². The zero-order valence-electron chi connectivity index (χ0n) is 9.66. The maximum Gasteiger partial charge on any atom is 0.157 e. The van der Waals surface area contributed by atoms with Gasteiger partial charge in [0.1, 0.15) is 12.2 Å². The van der Waals surface area contributed by atoms with E-state index in [9.17, 15) is 4.79 Å². The van der Waals surface area contributed by atoms with E-state index in [0.717, 1.165) is 18.5 Å². The molecule has 0 saturated heterocycles. The lowest BCUT2D eigenvalue weighted by molar-refractivity contribution is -0.622. The second-order valence-electron chi connectivity index (χ2n) is 3.73. The smallest absolute Gasteiger partial charge is 0.157 e. The van der Waals surface area contributed by atoms with Crippen LogP contribution in [-0.2, 0) is 11.3 Å². The number of benzene rings is 1. The van der Waals surface area contributed by atoms with Gasteiger partial charge in [-0.2, -0.15) is 0 Å². The van der Waals surface area contributed by atoms with Crippen LogP contribution < -0.4 is 5.32 Å². The fourth-order valence-corrected chi connectivity index (χ4v) is 1.47. The van der Waals surface area contributed by atoms with Gasteiger partial charge in [0.05, 0.1) is 5.57 Å². The van der Waals surface area contributed by atoms with E-state index in [2.05, 4.69) is 0 Å². The fourth-order valence-electron chi connectivity index (χ4n) is 1.47. The van der Waals surface area contributed by atoms with Crippen LogP contribution in [-0.4, -0.2) is 12.0 Å². The zero-order chi connectivity index (χ0) is 12.0. The maximum atomic E-state index is 10.8. The summed E-state index contributed by atoms with van der Waals surface area (Å²) in [6, 6.07) is 10.0. The van der Waals surface area contributed by atoms with Crippen LogP contribution in [0.5, 0.6) is 0 Å². The van der Waals surface area contributed by atoms with E-state index in [-0.39, 0.29) is 0 Å². The Labute approximate surface area is 95.7 Å². The molecule has 0 bridgehead atoms. The van der Waals surface area contributed by atoms with Crippen molar-refractivity contribution in [2.24, 2.45) is 0 Å². The minimum Gasteiger partial charge on any atom is -0.313 e. The SMILES string of the molecule is CC(=N)C(C=O)=C(C)[NH2+]Cc1ccccc1. The van der Waals surface area contributed by atoms with Crippen LogP contribution in [0.25, 0.3) is 0 Å². The number of carbonyl (C=O) groups excluding carboxylic acids is 1. The Kier molecular flexibility index (Phi) is 4.61. The van der Waals surface area contributed by atoms with Crippen LogP contribution in [0.3, 0.4) is 0 Å². The molecule has 0 radical (unpaired) electrons. The van der Waals surface area contributed by atoms with Crippen molar-refractivity contribution in [3.63, 3.8) is 0 Å². The summed E-state index contributed by atoms with van der Waals surface area (Å²) >= 11 is 0. The molecule has 3 N–H and O–H groups in total. The highest BCUT2D eigenvalue weighted by Crippen LogP contribution is 1.98. The Morgan fingerprint density at radius 1 is 1.31 bits per heavy atom. The lowest BCUT2D eigenvalue weighted by atomic mass is 10.1. The number of hydrogen-bond acceptors (Lipinski definition) is 2. The van der Waals surface area contributed by atoms with Crippen molar-refractivity contribution < 1.29 is 10.1 Å². The second kappa shape index (κ2) is 5.98. The average Bonchev–Trinajstić information content (AvgIpc) is 2.28. The Hall–Kier alpha value is -1.74.